The summed E-state index contributed by atoms with van der Waals surface area (Å²) in [5.74, 6) is 0.819. The highest BCUT2D eigenvalue weighted by Gasteiger charge is 2.10. The van der Waals surface area contributed by atoms with E-state index in [4.69, 9.17) is 0 Å². The van der Waals surface area contributed by atoms with E-state index in [1.807, 2.05) is 43.1 Å². The van der Waals surface area contributed by atoms with Crippen molar-refractivity contribution in [3.05, 3.63) is 30.4 Å². The van der Waals surface area contributed by atoms with Crippen LogP contribution in [0.15, 0.2) is 24.5 Å². The van der Waals surface area contributed by atoms with E-state index in [0.717, 1.165) is 21.4 Å². The van der Waals surface area contributed by atoms with Gasteiger partial charge in [0.05, 0.1) is 0 Å². The summed E-state index contributed by atoms with van der Waals surface area (Å²) in [4.78, 5) is 0.834. The van der Waals surface area contributed by atoms with Crippen molar-refractivity contribution in [1.82, 2.24) is 19.8 Å². The zero-order valence-corrected chi connectivity index (χ0v) is 9.77. The van der Waals surface area contributed by atoms with Crippen LogP contribution in [0.4, 0.5) is 0 Å². The summed E-state index contributed by atoms with van der Waals surface area (Å²) in [6.07, 6.45) is 4.01. The topological polar surface area (TPSA) is 47.0 Å². The van der Waals surface area contributed by atoms with Crippen LogP contribution in [0.5, 0.6) is 0 Å². The second kappa shape index (κ2) is 3.34. The fourth-order valence-electron chi connectivity index (χ4n) is 1.47. The van der Waals surface area contributed by atoms with Gasteiger partial charge in [-0.25, -0.2) is 4.57 Å². The lowest BCUT2D eigenvalue weighted by atomic mass is 10.3. The molecule has 0 aliphatic carbocycles. The molecule has 6 heteroatoms. The summed E-state index contributed by atoms with van der Waals surface area (Å²) in [5.41, 5.74) is 1.10. The highest BCUT2D eigenvalue weighted by Crippen LogP contribution is 2.24. The van der Waals surface area contributed by atoms with E-state index in [1.165, 1.54) is 0 Å². The van der Waals surface area contributed by atoms with Gasteiger partial charge >= 0.3 is 0 Å². The monoisotopic (exact) mass is 232 g/mol. The Bertz CT molecular complexity index is 637. The molecule has 0 aliphatic rings. The van der Waals surface area contributed by atoms with Crippen LogP contribution in [0.1, 0.15) is 5.82 Å². The number of hydrogen-bond donors (Lipinski definition) is 0. The molecule has 0 atom stereocenters. The Morgan fingerprint density at radius 2 is 2.00 bits per heavy atom. The molecule has 0 unspecified atom stereocenters. The predicted octanol–water partition coefficient (Wildman–Crippen LogP) is 0.986. The van der Waals surface area contributed by atoms with Gasteiger partial charge in [0.25, 0.3) is 0 Å². The maximum atomic E-state index is 4.47. The highest BCUT2D eigenvalue weighted by molar-refractivity contribution is 7.19. The number of aryl methyl sites for hydroxylation is 2. The maximum Gasteiger partial charge on any atom is 0.234 e. The number of hydrogen-bond acceptors (Lipinski definition) is 4. The SMILES string of the molecule is Cc1nnc2sc(-c3cc[n+](C)cc3)nn12. The highest BCUT2D eigenvalue weighted by atomic mass is 32.1. The molecular weight excluding hydrogens is 222 g/mol. The van der Waals surface area contributed by atoms with Gasteiger partial charge in [-0.1, -0.05) is 11.3 Å². The lowest BCUT2D eigenvalue weighted by molar-refractivity contribution is -0.671. The molecule has 0 bridgehead atoms. The smallest absolute Gasteiger partial charge is 0.208 e. The Kier molecular flexibility index (Phi) is 1.97. The van der Waals surface area contributed by atoms with Gasteiger partial charge in [0.15, 0.2) is 18.2 Å². The molecule has 0 N–H and O–H groups in total. The molecule has 0 radical (unpaired) electrons. The Morgan fingerprint density at radius 3 is 2.69 bits per heavy atom. The van der Waals surface area contributed by atoms with Crippen molar-refractivity contribution in [3.63, 3.8) is 0 Å². The number of rotatable bonds is 1. The van der Waals surface area contributed by atoms with Crippen LogP contribution in [0.3, 0.4) is 0 Å². The van der Waals surface area contributed by atoms with E-state index in [-0.39, 0.29) is 0 Å². The van der Waals surface area contributed by atoms with Gasteiger partial charge in [0.1, 0.15) is 12.1 Å². The van der Waals surface area contributed by atoms with E-state index >= 15 is 0 Å². The fourth-order valence-corrected chi connectivity index (χ4v) is 2.37. The summed E-state index contributed by atoms with van der Waals surface area (Å²) < 4.78 is 3.77. The van der Waals surface area contributed by atoms with E-state index in [2.05, 4.69) is 15.3 Å². The minimum Gasteiger partial charge on any atom is -0.208 e. The van der Waals surface area contributed by atoms with Crippen LogP contribution >= 0.6 is 11.3 Å². The van der Waals surface area contributed by atoms with Gasteiger partial charge in [0.2, 0.25) is 4.96 Å². The third-order valence-electron chi connectivity index (χ3n) is 2.37. The first-order valence-corrected chi connectivity index (χ1v) is 5.70. The average molecular weight is 232 g/mol. The number of nitrogens with zero attached hydrogens (tertiary/aromatic N) is 5. The second-order valence-corrected chi connectivity index (χ2v) is 4.56. The third-order valence-corrected chi connectivity index (χ3v) is 3.32. The Hall–Kier alpha value is -1.82. The minimum absolute atomic E-state index is 0.819. The summed E-state index contributed by atoms with van der Waals surface area (Å²) in [6.45, 7) is 1.90. The molecule has 3 rings (SSSR count). The van der Waals surface area contributed by atoms with Crippen LogP contribution < -0.4 is 4.57 Å². The van der Waals surface area contributed by atoms with Gasteiger partial charge in [-0.15, -0.1) is 10.2 Å². The van der Waals surface area contributed by atoms with Crippen LogP contribution in [-0.4, -0.2) is 19.8 Å². The van der Waals surface area contributed by atoms with Crippen LogP contribution in [0.2, 0.25) is 0 Å². The first kappa shape index (κ1) is 9.41. The lowest BCUT2D eigenvalue weighted by Gasteiger charge is -1.92. The van der Waals surface area contributed by atoms with E-state index in [9.17, 15) is 0 Å². The second-order valence-electron chi connectivity index (χ2n) is 3.60. The summed E-state index contributed by atoms with van der Waals surface area (Å²) in [5, 5.41) is 13.4. The van der Waals surface area contributed by atoms with Crippen molar-refractivity contribution in [2.24, 2.45) is 7.05 Å². The summed E-state index contributed by atoms with van der Waals surface area (Å²) in [6, 6.07) is 4.09. The van der Waals surface area contributed by atoms with E-state index in [1.54, 1.807) is 15.9 Å². The van der Waals surface area contributed by atoms with Crippen LogP contribution in [0.25, 0.3) is 15.5 Å². The van der Waals surface area contributed by atoms with Crippen LogP contribution in [-0.2, 0) is 7.05 Å². The molecule has 3 aromatic heterocycles. The first-order valence-electron chi connectivity index (χ1n) is 4.88. The lowest BCUT2D eigenvalue weighted by Crippen LogP contribution is -2.25. The zero-order valence-electron chi connectivity index (χ0n) is 8.95. The molecule has 0 aliphatic heterocycles. The van der Waals surface area contributed by atoms with E-state index < -0.39 is 0 Å². The first-order chi connectivity index (χ1) is 7.74. The molecule has 0 amide bonds. The van der Waals surface area contributed by atoms with Crippen molar-refractivity contribution >= 4 is 16.3 Å². The fraction of sp³-hybridized carbons (Fsp3) is 0.200. The molecule has 5 nitrogen and oxygen atoms in total. The molecular formula is C10H10N5S+. The van der Waals surface area contributed by atoms with Crippen molar-refractivity contribution < 1.29 is 4.57 Å². The van der Waals surface area contributed by atoms with Crippen LogP contribution in [0, 0.1) is 6.92 Å². The Morgan fingerprint density at radius 1 is 1.25 bits per heavy atom. The molecule has 16 heavy (non-hydrogen) atoms. The molecule has 0 spiro atoms. The molecule has 80 valence electrons. The quantitative estimate of drug-likeness (QED) is 0.588. The molecule has 0 saturated carbocycles. The van der Waals surface area contributed by atoms with Crippen molar-refractivity contribution in [2.45, 2.75) is 6.92 Å². The Labute approximate surface area is 96.0 Å². The average Bonchev–Trinajstić information content (AvgIpc) is 2.83. The minimum atomic E-state index is 0.819. The third kappa shape index (κ3) is 1.38. The van der Waals surface area contributed by atoms with Gasteiger partial charge in [-0.05, 0) is 6.92 Å². The molecule has 0 fully saturated rings. The zero-order chi connectivity index (χ0) is 11.1. The van der Waals surface area contributed by atoms with Gasteiger partial charge < -0.3 is 0 Å². The number of pyridine rings is 1. The van der Waals surface area contributed by atoms with Gasteiger partial charge in [-0.2, -0.15) is 9.61 Å². The van der Waals surface area contributed by atoms with Crippen molar-refractivity contribution in [1.29, 1.82) is 0 Å². The largest absolute Gasteiger partial charge is 0.234 e. The number of fused-ring (bicyclic) bond motifs is 1. The summed E-state index contributed by atoms with van der Waals surface area (Å²) >= 11 is 1.55. The van der Waals surface area contributed by atoms with Crippen molar-refractivity contribution in [2.75, 3.05) is 0 Å². The maximum absolute atomic E-state index is 4.47. The molecule has 0 saturated heterocycles. The molecule has 0 aromatic carbocycles. The number of aromatic nitrogens is 5. The molecule has 3 aromatic rings. The standard InChI is InChI=1S/C10H10N5S/c1-7-11-12-10-15(7)13-9(16-10)8-3-5-14(2)6-4-8/h3-6H,1-2H3/q+1. The molecule has 3 heterocycles. The van der Waals surface area contributed by atoms with Gasteiger partial charge in [0, 0.05) is 17.7 Å². The normalized spacial score (nSPS) is 11.1. The summed E-state index contributed by atoms with van der Waals surface area (Å²) in [7, 11) is 1.99. The Balaban J connectivity index is 2.15. The predicted molar refractivity (Wildman–Crippen MR) is 60.0 cm³/mol. The van der Waals surface area contributed by atoms with E-state index in [0.29, 0.717) is 0 Å². The van der Waals surface area contributed by atoms with Crippen molar-refractivity contribution in [3.8, 4) is 10.6 Å². The van der Waals surface area contributed by atoms with Gasteiger partial charge in [-0.3, -0.25) is 0 Å².